The smallest absolute Gasteiger partial charge is 0.254 e. The number of hydrogen-bond donors (Lipinski definition) is 1. The quantitative estimate of drug-likeness (QED) is 0.731. The molecule has 3 rings (SSSR count). The number of H-pyrrole nitrogens is 1. The molecule has 0 aliphatic heterocycles. The van der Waals surface area contributed by atoms with E-state index >= 15 is 0 Å². The fourth-order valence-electron chi connectivity index (χ4n) is 3.15. The number of nitrogens with zero attached hydrogens (tertiary/aromatic N) is 2. The molecule has 0 aliphatic carbocycles. The molecule has 1 N–H and O–H groups in total. The molecular weight excluding hydrogens is 322 g/mol. The van der Waals surface area contributed by atoms with Gasteiger partial charge in [0.2, 0.25) is 0 Å². The maximum Gasteiger partial charge on any atom is 0.254 e. The van der Waals surface area contributed by atoms with Crippen LogP contribution in [0.1, 0.15) is 27.2 Å². The molecule has 0 aliphatic rings. The van der Waals surface area contributed by atoms with Gasteiger partial charge in [-0.1, -0.05) is 30.3 Å². The van der Waals surface area contributed by atoms with Crippen molar-refractivity contribution < 1.29 is 4.79 Å². The zero-order valence-corrected chi connectivity index (χ0v) is 16.0. The van der Waals surface area contributed by atoms with Gasteiger partial charge in [-0.2, -0.15) is 0 Å². The van der Waals surface area contributed by atoms with Crippen molar-refractivity contribution in [2.75, 3.05) is 27.2 Å². The molecule has 2 aromatic carbocycles. The Bertz CT molecular complexity index is 896. The summed E-state index contributed by atoms with van der Waals surface area (Å²) in [5.41, 5.74) is 5.33. The van der Waals surface area contributed by atoms with E-state index in [-0.39, 0.29) is 5.91 Å². The fourth-order valence-corrected chi connectivity index (χ4v) is 3.15. The molecule has 26 heavy (non-hydrogen) atoms. The van der Waals surface area contributed by atoms with Gasteiger partial charge in [-0.3, -0.25) is 4.79 Å². The highest BCUT2D eigenvalue weighted by atomic mass is 16.2. The van der Waals surface area contributed by atoms with E-state index in [9.17, 15) is 4.79 Å². The summed E-state index contributed by atoms with van der Waals surface area (Å²) in [6.45, 7) is 6.32. The number of amides is 1. The molecule has 136 valence electrons. The Balaban J connectivity index is 1.89. The van der Waals surface area contributed by atoms with Crippen molar-refractivity contribution in [1.82, 2.24) is 14.8 Å². The lowest BCUT2D eigenvalue weighted by Gasteiger charge is -2.25. The van der Waals surface area contributed by atoms with Crippen LogP contribution >= 0.6 is 0 Å². The first-order valence-corrected chi connectivity index (χ1v) is 9.02. The van der Waals surface area contributed by atoms with Crippen LogP contribution in [0.2, 0.25) is 0 Å². The molecule has 4 nitrogen and oxygen atoms in total. The van der Waals surface area contributed by atoms with Crippen LogP contribution in [-0.4, -0.2) is 47.9 Å². The van der Waals surface area contributed by atoms with Crippen molar-refractivity contribution in [3.63, 3.8) is 0 Å². The molecular formula is C22H27N3O. The summed E-state index contributed by atoms with van der Waals surface area (Å²) in [7, 11) is 4.06. The average Bonchev–Trinajstić information content (AvgIpc) is 2.92. The average molecular weight is 349 g/mol. The molecule has 0 bridgehead atoms. The Labute approximate surface area is 155 Å². The van der Waals surface area contributed by atoms with Crippen LogP contribution in [0, 0.1) is 13.8 Å². The van der Waals surface area contributed by atoms with Crippen molar-refractivity contribution in [2.24, 2.45) is 0 Å². The first-order valence-electron chi connectivity index (χ1n) is 9.02. The second kappa shape index (κ2) is 7.75. The molecule has 0 spiro atoms. The second-order valence-corrected chi connectivity index (χ2v) is 7.15. The molecule has 0 atom stereocenters. The molecule has 0 unspecified atom stereocenters. The molecule has 0 radical (unpaired) electrons. The van der Waals surface area contributed by atoms with Crippen molar-refractivity contribution in [1.29, 1.82) is 0 Å². The van der Waals surface area contributed by atoms with Gasteiger partial charge in [0, 0.05) is 41.8 Å². The SMILES string of the molecule is Cc1[nH]c2ccc(C(=O)N(CCN(C)C)Cc3ccccc3)cc2c1C. The summed E-state index contributed by atoms with van der Waals surface area (Å²) >= 11 is 0. The largest absolute Gasteiger partial charge is 0.358 e. The highest BCUT2D eigenvalue weighted by Crippen LogP contribution is 2.23. The van der Waals surface area contributed by atoms with Gasteiger partial charge >= 0.3 is 0 Å². The molecule has 1 aromatic heterocycles. The van der Waals surface area contributed by atoms with Gasteiger partial charge in [-0.15, -0.1) is 0 Å². The summed E-state index contributed by atoms with van der Waals surface area (Å²) < 4.78 is 0. The predicted molar refractivity (Wildman–Crippen MR) is 108 cm³/mol. The first-order chi connectivity index (χ1) is 12.5. The Morgan fingerprint density at radius 2 is 1.73 bits per heavy atom. The van der Waals surface area contributed by atoms with Crippen LogP contribution in [-0.2, 0) is 6.54 Å². The fraction of sp³-hybridized carbons (Fsp3) is 0.318. The lowest BCUT2D eigenvalue weighted by atomic mass is 10.1. The number of hydrogen-bond acceptors (Lipinski definition) is 2. The van der Waals surface area contributed by atoms with Crippen LogP contribution in [0.3, 0.4) is 0 Å². The number of aryl methyl sites for hydroxylation is 2. The van der Waals surface area contributed by atoms with Crippen LogP contribution in [0.5, 0.6) is 0 Å². The Kier molecular flexibility index (Phi) is 5.43. The third-order valence-electron chi connectivity index (χ3n) is 4.88. The number of aromatic nitrogens is 1. The topological polar surface area (TPSA) is 39.3 Å². The maximum absolute atomic E-state index is 13.2. The van der Waals surface area contributed by atoms with Crippen molar-refractivity contribution in [2.45, 2.75) is 20.4 Å². The summed E-state index contributed by atoms with van der Waals surface area (Å²) in [6, 6.07) is 16.1. The van der Waals surface area contributed by atoms with Gasteiger partial charge in [-0.25, -0.2) is 0 Å². The molecule has 1 amide bonds. The molecule has 0 fully saturated rings. The van der Waals surface area contributed by atoms with Crippen molar-refractivity contribution in [3.05, 3.63) is 70.9 Å². The molecule has 0 saturated carbocycles. The lowest BCUT2D eigenvalue weighted by molar-refractivity contribution is 0.0732. The summed E-state index contributed by atoms with van der Waals surface area (Å²) in [6.07, 6.45) is 0. The van der Waals surface area contributed by atoms with Crippen LogP contribution in [0.4, 0.5) is 0 Å². The number of likely N-dealkylation sites (N-methyl/N-ethyl adjacent to an activating group) is 1. The van der Waals surface area contributed by atoms with Crippen molar-refractivity contribution in [3.8, 4) is 0 Å². The zero-order chi connectivity index (χ0) is 18.7. The Hall–Kier alpha value is -2.59. The second-order valence-electron chi connectivity index (χ2n) is 7.15. The predicted octanol–water partition coefficient (Wildman–Crippen LogP) is 3.99. The lowest BCUT2D eigenvalue weighted by Crippen LogP contribution is -2.36. The van der Waals surface area contributed by atoms with E-state index in [4.69, 9.17) is 0 Å². The Morgan fingerprint density at radius 1 is 1.00 bits per heavy atom. The minimum Gasteiger partial charge on any atom is -0.358 e. The van der Waals surface area contributed by atoms with Gasteiger partial charge in [0.1, 0.15) is 0 Å². The number of nitrogens with one attached hydrogen (secondary N) is 1. The number of aromatic amines is 1. The molecule has 4 heteroatoms. The van der Waals surface area contributed by atoms with E-state index in [2.05, 4.69) is 35.9 Å². The minimum atomic E-state index is 0.0795. The Morgan fingerprint density at radius 3 is 2.42 bits per heavy atom. The van der Waals surface area contributed by atoms with E-state index in [1.54, 1.807) is 0 Å². The first kappa shape index (κ1) is 18.2. The molecule has 1 heterocycles. The van der Waals surface area contributed by atoms with Crippen LogP contribution in [0.15, 0.2) is 48.5 Å². The van der Waals surface area contributed by atoms with E-state index in [1.807, 2.05) is 55.4 Å². The van der Waals surface area contributed by atoms with Gasteiger partial charge in [0.05, 0.1) is 0 Å². The van der Waals surface area contributed by atoms with Gasteiger partial charge in [0.25, 0.3) is 5.91 Å². The van der Waals surface area contributed by atoms with Gasteiger partial charge in [0.15, 0.2) is 0 Å². The number of carbonyl (C=O) groups is 1. The number of benzene rings is 2. The maximum atomic E-state index is 13.2. The zero-order valence-electron chi connectivity index (χ0n) is 16.0. The molecule has 3 aromatic rings. The monoisotopic (exact) mass is 349 g/mol. The van der Waals surface area contributed by atoms with Crippen LogP contribution < -0.4 is 0 Å². The highest BCUT2D eigenvalue weighted by Gasteiger charge is 2.17. The van der Waals surface area contributed by atoms with E-state index in [1.165, 1.54) is 5.56 Å². The van der Waals surface area contributed by atoms with Crippen molar-refractivity contribution >= 4 is 16.8 Å². The molecule has 0 saturated heterocycles. The number of rotatable bonds is 6. The summed E-state index contributed by atoms with van der Waals surface area (Å²) in [4.78, 5) is 20.6. The minimum absolute atomic E-state index is 0.0795. The normalized spacial score (nSPS) is 11.3. The standard InChI is InChI=1S/C22H27N3O/c1-16-17(2)23-21-11-10-19(14-20(16)21)22(26)25(13-12-24(3)4)15-18-8-6-5-7-9-18/h5-11,14,23H,12-13,15H2,1-4H3. The van der Waals surface area contributed by atoms with E-state index in [0.717, 1.165) is 34.3 Å². The third kappa shape index (κ3) is 3.97. The van der Waals surface area contributed by atoms with E-state index < -0.39 is 0 Å². The summed E-state index contributed by atoms with van der Waals surface area (Å²) in [5, 5.41) is 1.13. The van der Waals surface area contributed by atoms with Gasteiger partial charge in [-0.05, 0) is 57.3 Å². The van der Waals surface area contributed by atoms with Crippen LogP contribution in [0.25, 0.3) is 10.9 Å². The van der Waals surface area contributed by atoms with Gasteiger partial charge < -0.3 is 14.8 Å². The highest BCUT2D eigenvalue weighted by molar-refractivity contribution is 5.99. The number of carbonyl (C=O) groups excluding carboxylic acids is 1. The summed E-state index contributed by atoms with van der Waals surface area (Å²) in [5.74, 6) is 0.0795. The number of fused-ring (bicyclic) bond motifs is 1. The van der Waals surface area contributed by atoms with E-state index in [0.29, 0.717) is 13.1 Å². The third-order valence-corrected chi connectivity index (χ3v) is 4.88.